The van der Waals surface area contributed by atoms with Gasteiger partial charge in [-0.3, -0.25) is 9.69 Å². The highest BCUT2D eigenvalue weighted by molar-refractivity contribution is 5.81. The van der Waals surface area contributed by atoms with Crippen LogP contribution in [0.5, 0.6) is 0 Å². The molecule has 0 bridgehead atoms. The number of nitrogens with zero attached hydrogens (tertiary/aromatic N) is 2. The fourth-order valence-electron chi connectivity index (χ4n) is 2.34. The summed E-state index contributed by atoms with van der Waals surface area (Å²) >= 11 is 0. The third kappa shape index (κ3) is 4.64. The fraction of sp³-hybridized carbons (Fsp3) is 0.923. The number of nitrogens with two attached hydrogens (primary N) is 1. The van der Waals surface area contributed by atoms with Gasteiger partial charge in [-0.2, -0.15) is 0 Å². The Kier molecular flexibility index (Phi) is 5.92. The number of hydrogen-bond donors (Lipinski definition) is 1. The largest absolute Gasteiger partial charge is 0.339 e. The molecular formula is C13H27N3O. The molecule has 1 saturated heterocycles. The molecule has 4 nitrogen and oxygen atoms in total. The van der Waals surface area contributed by atoms with Crippen LogP contribution in [0, 0.1) is 5.92 Å². The quantitative estimate of drug-likeness (QED) is 0.778. The van der Waals surface area contributed by atoms with Crippen molar-refractivity contribution < 1.29 is 4.79 Å². The second kappa shape index (κ2) is 6.97. The molecule has 0 radical (unpaired) electrons. The Morgan fingerprint density at radius 3 is 2.29 bits per heavy atom. The topological polar surface area (TPSA) is 49.6 Å². The standard InChI is InChI=1S/C13H27N3O/c1-4-5-12(14)13(17)16-8-6-15(7-9-16)10-11(2)3/h11-12H,4-10,14H2,1-3H3. The van der Waals surface area contributed by atoms with E-state index < -0.39 is 0 Å². The summed E-state index contributed by atoms with van der Waals surface area (Å²) in [5, 5.41) is 0. The zero-order valence-corrected chi connectivity index (χ0v) is 11.5. The van der Waals surface area contributed by atoms with Gasteiger partial charge in [0.25, 0.3) is 0 Å². The number of carbonyl (C=O) groups is 1. The summed E-state index contributed by atoms with van der Waals surface area (Å²) in [6, 6.07) is -0.295. The van der Waals surface area contributed by atoms with E-state index in [9.17, 15) is 4.79 Å². The minimum absolute atomic E-state index is 0.135. The van der Waals surface area contributed by atoms with E-state index in [1.54, 1.807) is 0 Å². The van der Waals surface area contributed by atoms with E-state index in [4.69, 9.17) is 5.73 Å². The number of amides is 1. The third-order valence-electron chi connectivity index (χ3n) is 3.22. The normalized spacial score (nSPS) is 19.7. The van der Waals surface area contributed by atoms with Crippen LogP contribution in [-0.4, -0.2) is 54.5 Å². The van der Waals surface area contributed by atoms with Crippen molar-refractivity contribution in [2.24, 2.45) is 11.7 Å². The summed E-state index contributed by atoms with van der Waals surface area (Å²) in [4.78, 5) is 16.4. The van der Waals surface area contributed by atoms with Crippen molar-refractivity contribution in [3.63, 3.8) is 0 Å². The maximum absolute atomic E-state index is 12.0. The van der Waals surface area contributed by atoms with Crippen LogP contribution >= 0.6 is 0 Å². The lowest BCUT2D eigenvalue weighted by Crippen LogP contribution is -2.53. The van der Waals surface area contributed by atoms with E-state index in [0.29, 0.717) is 5.92 Å². The summed E-state index contributed by atoms with van der Waals surface area (Å²) in [7, 11) is 0. The molecule has 1 unspecified atom stereocenters. The molecule has 0 aromatic carbocycles. The number of piperazine rings is 1. The molecule has 0 aromatic heterocycles. The first-order valence-electron chi connectivity index (χ1n) is 6.81. The molecule has 1 amide bonds. The van der Waals surface area contributed by atoms with Gasteiger partial charge in [-0.15, -0.1) is 0 Å². The second-order valence-corrected chi connectivity index (χ2v) is 5.41. The van der Waals surface area contributed by atoms with Crippen LogP contribution in [0.15, 0.2) is 0 Å². The average Bonchev–Trinajstić information content (AvgIpc) is 2.28. The molecule has 17 heavy (non-hydrogen) atoms. The minimum Gasteiger partial charge on any atom is -0.339 e. The highest BCUT2D eigenvalue weighted by Crippen LogP contribution is 2.07. The summed E-state index contributed by atoms with van der Waals surface area (Å²) in [6.07, 6.45) is 1.77. The lowest BCUT2D eigenvalue weighted by molar-refractivity contribution is -0.134. The van der Waals surface area contributed by atoms with Gasteiger partial charge in [0.1, 0.15) is 0 Å². The minimum atomic E-state index is -0.295. The van der Waals surface area contributed by atoms with E-state index in [2.05, 4.69) is 25.7 Å². The van der Waals surface area contributed by atoms with Crippen molar-refractivity contribution in [3.8, 4) is 0 Å². The molecule has 2 N–H and O–H groups in total. The smallest absolute Gasteiger partial charge is 0.239 e. The van der Waals surface area contributed by atoms with Crippen LogP contribution in [0.4, 0.5) is 0 Å². The van der Waals surface area contributed by atoms with Crippen molar-refractivity contribution in [1.29, 1.82) is 0 Å². The zero-order chi connectivity index (χ0) is 12.8. The Morgan fingerprint density at radius 2 is 1.82 bits per heavy atom. The molecule has 1 aliphatic rings. The Labute approximate surface area is 105 Å². The van der Waals surface area contributed by atoms with Gasteiger partial charge in [-0.1, -0.05) is 27.2 Å². The van der Waals surface area contributed by atoms with Crippen molar-refractivity contribution in [2.45, 2.75) is 39.7 Å². The molecular weight excluding hydrogens is 214 g/mol. The predicted molar refractivity (Wildman–Crippen MR) is 70.7 cm³/mol. The molecule has 1 atom stereocenters. The molecule has 0 spiro atoms. The predicted octanol–water partition coefficient (Wildman–Crippen LogP) is 0.914. The molecule has 0 saturated carbocycles. The van der Waals surface area contributed by atoms with Gasteiger partial charge in [0, 0.05) is 32.7 Å². The molecule has 1 heterocycles. The van der Waals surface area contributed by atoms with Crippen LogP contribution in [0.25, 0.3) is 0 Å². The molecule has 1 rings (SSSR count). The first-order valence-corrected chi connectivity index (χ1v) is 6.81. The Morgan fingerprint density at radius 1 is 1.24 bits per heavy atom. The third-order valence-corrected chi connectivity index (χ3v) is 3.22. The van der Waals surface area contributed by atoms with Gasteiger partial charge < -0.3 is 10.6 Å². The molecule has 1 fully saturated rings. The number of carbonyl (C=O) groups excluding carboxylic acids is 1. The summed E-state index contributed by atoms with van der Waals surface area (Å²) in [5.41, 5.74) is 5.87. The van der Waals surface area contributed by atoms with E-state index >= 15 is 0 Å². The molecule has 1 aliphatic heterocycles. The SMILES string of the molecule is CCCC(N)C(=O)N1CCN(CC(C)C)CC1. The highest BCUT2D eigenvalue weighted by atomic mass is 16.2. The van der Waals surface area contributed by atoms with Crippen LogP contribution in [0.3, 0.4) is 0 Å². The van der Waals surface area contributed by atoms with Gasteiger partial charge in [0.15, 0.2) is 0 Å². The lowest BCUT2D eigenvalue weighted by Gasteiger charge is -2.36. The van der Waals surface area contributed by atoms with E-state index in [1.807, 2.05) is 4.90 Å². The van der Waals surface area contributed by atoms with Crippen LogP contribution in [0.1, 0.15) is 33.6 Å². The zero-order valence-electron chi connectivity index (χ0n) is 11.5. The van der Waals surface area contributed by atoms with Gasteiger partial charge in [-0.25, -0.2) is 0 Å². The van der Waals surface area contributed by atoms with Crippen molar-refractivity contribution in [2.75, 3.05) is 32.7 Å². The van der Waals surface area contributed by atoms with Crippen LogP contribution in [0.2, 0.25) is 0 Å². The Hall–Kier alpha value is -0.610. The van der Waals surface area contributed by atoms with Crippen LogP contribution in [-0.2, 0) is 4.79 Å². The van der Waals surface area contributed by atoms with Gasteiger partial charge in [-0.05, 0) is 12.3 Å². The number of rotatable bonds is 5. The van der Waals surface area contributed by atoms with E-state index in [1.165, 1.54) is 0 Å². The maximum Gasteiger partial charge on any atom is 0.239 e. The summed E-state index contributed by atoms with van der Waals surface area (Å²) < 4.78 is 0. The Balaban J connectivity index is 2.33. The van der Waals surface area contributed by atoms with Crippen molar-refractivity contribution >= 4 is 5.91 Å². The van der Waals surface area contributed by atoms with Gasteiger partial charge in [0.05, 0.1) is 6.04 Å². The van der Waals surface area contributed by atoms with Crippen molar-refractivity contribution in [3.05, 3.63) is 0 Å². The maximum atomic E-state index is 12.0. The molecule has 4 heteroatoms. The molecule has 0 aliphatic carbocycles. The van der Waals surface area contributed by atoms with Crippen LogP contribution < -0.4 is 5.73 Å². The fourth-order valence-corrected chi connectivity index (χ4v) is 2.34. The van der Waals surface area contributed by atoms with E-state index in [0.717, 1.165) is 45.6 Å². The highest BCUT2D eigenvalue weighted by Gasteiger charge is 2.24. The van der Waals surface area contributed by atoms with Gasteiger partial charge >= 0.3 is 0 Å². The van der Waals surface area contributed by atoms with E-state index in [-0.39, 0.29) is 11.9 Å². The Bertz CT molecular complexity index is 235. The molecule has 100 valence electrons. The number of hydrogen-bond acceptors (Lipinski definition) is 3. The summed E-state index contributed by atoms with van der Waals surface area (Å²) in [5.74, 6) is 0.829. The first kappa shape index (κ1) is 14.5. The average molecular weight is 241 g/mol. The first-order chi connectivity index (χ1) is 8.04. The molecule has 0 aromatic rings. The van der Waals surface area contributed by atoms with Crippen molar-refractivity contribution in [1.82, 2.24) is 9.80 Å². The van der Waals surface area contributed by atoms with Gasteiger partial charge in [0.2, 0.25) is 5.91 Å². The monoisotopic (exact) mass is 241 g/mol. The lowest BCUT2D eigenvalue weighted by atomic mass is 10.1. The summed E-state index contributed by atoms with van der Waals surface area (Å²) in [6.45, 7) is 11.3. The second-order valence-electron chi connectivity index (χ2n) is 5.41.